The van der Waals surface area contributed by atoms with Crippen molar-refractivity contribution in [2.45, 2.75) is 18.6 Å². The highest BCUT2D eigenvalue weighted by molar-refractivity contribution is 7.47. The molecule has 0 saturated carbocycles. The van der Waals surface area contributed by atoms with E-state index in [1.165, 1.54) is 0 Å². The molecular formula is C6H13O6P. The van der Waals surface area contributed by atoms with Gasteiger partial charge in [0.15, 0.2) is 0 Å². The van der Waals surface area contributed by atoms with E-state index < -0.39 is 20.0 Å². The highest BCUT2D eigenvalue weighted by atomic mass is 31.2. The van der Waals surface area contributed by atoms with Crippen LogP contribution in [0.3, 0.4) is 0 Å². The van der Waals surface area contributed by atoms with Crippen molar-refractivity contribution in [3.05, 3.63) is 0 Å². The molecule has 3 atom stereocenters. The molecule has 0 radical (unpaired) electrons. The first-order valence-electron chi connectivity index (χ1n) is 3.88. The van der Waals surface area contributed by atoms with Gasteiger partial charge in [0.05, 0.1) is 6.61 Å². The Morgan fingerprint density at radius 2 is 2.38 bits per heavy atom. The first-order valence-corrected chi connectivity index (χ1v) is 5.38. The van der Waals surface area contributed by atoms with Crippen molar-refractivity contribution in [3.8, 4) is 0 Å². The summed E-state index contributed by atoms with van der Waals surface area (Å²) in [5.74, 6) is 0. The van der Waals surface area contributed by atoms with Gasteiger partial charge in [-0.3, -0.25) is 9.05 Å². The number of hydrogen-bond donors (Lipinski definition) is 2. The SMILES string of the molecule is COP(=O)(O)O[C@@H]1CCO[C@@H]1CO. The van der Waals surface area contributed by atoms with Crippen molar-refractivity contribution in [2.75, 3.05) is 20.3 Å². The number of phosphoric ester groups is 1. The molecule has 1 unspecified atom stereocenters. The van der Waals surface area contributed by atoms with Crippen molar-refractivity contribution >= 4 is 7.82 Å². The van der Waals surface area contributed by atoms with Gasteiger partial charge in [-0.25, -0.2) is 4.57 Å². The van der Waals surface area contributed by atoms with Crippen LogP contribution in [0.25, 0.3) is 0 Å². The van der Waals surface area contributed by atoms with Crippen LogP contribution in [0.5, 0.6) is 0 Å². The molecular weight excluding hydrogens is 199 g/mol. The van der Waals surface area contributed by atoms with E-state index in [1.807, 2.05) is 0 Å². The molecule has 0 bridgehead atoms. The molecule has 1 aliphatic heterocycles. The van der Waals surface area contributed by atoms with Crippen molar-refractivity contribution < 1.29 is 28.3 Å². The van der Waals surface area contributed by atoms with Gasteiger partial charge in [0.25, 0.3) is 0 Å². The summed E-state index contributed by atoms with van der Waals surface area (Å²) >= 11 is 0. The molecule has 1 rings (SSSR count). The Bertz CT molecular complexity index is 207. The monoisotopic (exact) mass is 212 g/mol. The van der Waals surface area contributed by atoms with E-state index in [1.54, 1.807) is 0 Å². The lowest BCUT2D eigenvalue weighted by molar-refractivity contribution is 0.00155. The summed E-state index contributed by atoms with van der Waals surface area (Å²) in [5, 5.41) is 8.79. The summed E-state index contributed by atoms with van der Waals surface area (Å²) < 4.78 is 25.0. The molecule has 1 saturated heterocycles. The van der Waals surface area contributed by atoms with Gasteiger partial charge in [-0.2, -0.15) is 0 Å². The van der Waals surface area contributed by atoms with Crippen molar-refractivity contribution in [2.24, 2.45) is 0 Å². The molecule has 13 heavy (non-hydrogen) atoms. The van der Waals surface area contributed by atoms with Gasteiger partial charge >= 0.3 is 7.82 Å². The molecule has 78 valence electrons. The summed E-state index contributed by atoms with van der Waals surface area (Å²) in [4.78, 5) is 8.97. The van der Waals surface area contributed by atoms with Crippen LogP contribution >= 0.6 is 7.82 Å². The highest BCUT2D eigenvalue weighted by Gasteiger charge is 2.34. The van der Waals surface area contributed by atoms with Crippen LogP contribution in [0.15, 0.2) is 0 Å². The lowest BCUT2D eigenvalue weighted by Crippen LogP contribution is -2.27. The third-order valence-electron chi connectivity index (χ3n) is 1.83. The Balaban J connectivity index is 2.48. The van der Waals surface area contributed by atoms with E-state index in [0.717, 1.165) is 7.11 Å². The smallest absolute Gasteiger partial charge is 0.394 e. The third kappa shape index (κ3) is 3.02. The van der Waals surface area contributed by atoms with E-state index in [9.17, 15) is 4.57 Å². The van der Waals surface area contributed by atoms with Crippen LogP contribution in [0.1, 0.15) is 6.42 Å². The fraction of sp³-hybridized carbons (Fsp3) is 1.00. The summed E-state index contributed by atoms with van der Waals surface area (Å²) in [5.41, 5.74) is 0. The first kappa shape index (κ1) is 11.1. The number of aliphatic hydroxyl groups is 1. The quantitative estimate of drug-likeness (QED) is 0.633. The lowest BCUT2D eigenvalue weighted by atomic mass is 10.2. The van der Waals surface area contributed by atoms with E-state index in [2.05, 4.69) is 4.52 Å². The van der Waals surface area contributed by atoms with Crippen molar-refractivity contribution in [1.29, 1.82) is 0 Å². The van der Waals surface area contributed by atoms with Crippen LogP contribution in [0.2, 0.25) is 0 Å². The zero-order valence-corrected chi connectivity index (χ0v) is 8.15. The molecule has 1 aliphatic rings. The molecule has 0 aromatic heterocycles. The average Bonchev–Trinajstić information content (AvgIpc) is 2.51. The van der Waals surface area contributed by atoms with Crippen molar-refractivity contribution in [3.63, 3.8) is 0 Å². The number of hydrogen-bond acceptors (Lipinski definition) is 5. The molecule has 1 heterocycles. The number of phosphoric acid groups is 1. The Labute approximate surface area is 76.0 Å². The second-order valence-electron chi connectivity index (χ2n) is 2.68. The Morgan fingerprint density at radius 1 is 1.69 bits per heavy atom. The summed E-state index contributed by atoms with van der Waals surface area (Å²) in [6, 6.07) is 0. The molecule has 0 aromatic rings. The molecule has 2 N–H and O–H groups in total. The minimum absolute atomic E-state index is 0.228. The molecule has 0 aliphatic carbocycles. The third-order valence-corrected chi connectivity index (χ3v) is 2.83. The number of aliphatic hydroxyl groups excluding tert-OH is 1. The molecule has 6 nitrogen and oxygen atoms in total. The van der Waals surface area contributed by atoms with Gasteiger partial charge in [-0.1, -0.05) is 0 Å². The zero-order valence-electron chi connectivity index (χ0n) is 7.25. The summed E-state index contributed by atoms with van der Waals surface area (Å²) in [6.07, 6.45) is -0.615. The maximum atomic E-state index is 11.0. The summed E-state index contributed by atoms with van der Waals surface area (Å²) in [7, 11) is -2.88. The van der Waals surface area contributed by atoms with E-state index in [4.69, 9.17) is 19.3 Å². The van der Waals surface area contributed by atoms with Gasteiger partial charge in [0.2, 0.25) is 0 Å². The first-order chi connectivity index (χ1) is 6.09. The highest BCUT2D eigenvalue weighted by Crippen LogP contribution is 2.45. The van der Waals surface area contributed by atoms with E-state index in [0.29, 0.717) is 13.0 Å². The minimum Gasteiger partial charge on any atom is -0.394 e. The van der Waals surface area contributed by atoms with Crippen molar-refractivity contribution in [1.82, 2.24) is 0 Å². The second-order valence-corrected chi connectivity index (χ2v) is 4.19. The fourth-order valence-electron chi connectivity index (χ4n) is 1.13. The average molecular weight is 212 g/mol. The fourth-order valence-corrected chi connectivity index (χ4v) is 1.80. The van der Waals surface area contributed by atoms with Crippen LogP contribution in [0.4, 0.5) is 0 Å². The van der Waals surface area contributed by atoms with Gasteiger partial charge in [-0.05, 0) is 0 Å². The molecule has 0 aromatic carbocycles. The number of ether oxygens (including phenoxy) is 1. The topological polar surface area (TPSA) is 85.2 Å². The maximum Gasteiger partial charge on any atom is 0.472 e. The Morgan fingerprint density at radius 3 is 2.92 bits per heavy atom. The van der Waals surface area contributed by atoms with E-state index >= 15 is 0 Å². The molecule has 0 spiro atoms. The minimum atomic E-state index is -3.96. The maximum absolute atomic E-state index is 11.0. The predicted octanol–water partition coefficient (Wildman–Crippen LogP) is -0.100. The normalized spacial score (nSPS) is 33.2. The standard InChI is InChI=1S/C6H13O6P/c1-10-13(8,9)12-5-2-3-11-6(5)4-7/h5-7H,2-4H2,1H3,(H,8,9)/t5-,6-/m1/s1. The molecule has 7 heteroatoms. The van der Waals surface area contributed by atoms with Gasteiger partial charge < -0.3 is 14.7 Å². The second kappa shape index (κ2) is 4.50. The number of rotatable bonds is 4. The van der Waals surface area contributed by atoms with Crippen LogP contribution in [-0.2, 0) is 18.3 Å². The van der Waals surface area contributed by atoms with Crippen LogP contribution in [0, 0.1) is 0 Å². The summed E-state index contributed by atoms with van der Waals surface area (Å²) in [6.45, 7) is 0.188. The van der Waals surface area contributed by atoms with Gasteiger partial charge in [0.1, 0.15) is 12.2 Å². The largest absolute Gasteiger partial charge is 0.472 e. The lowest BCUT2D eigenvalue weighted by Gasteiger charge is -2.18. The van der Waals surface area contributed by atoms with Crippen LogP contribution in [-0.4, -0.2) is 42.5 Å². The molecule has 1 fully saturated rings. The van der Waals surface area contributed by atoms with Gasteiger partial charge in [0, 0.05) is 20.1 Å². The Kier molecular flexibility index (Phi) is 3.85. The zero-order chi connectivity index (χ0) is 9.90. The predicted molar refractivity (Wildman–Crippen MR) is 43.2 cm³/mol. The molecule has 0 amide bonds. The van der Waals surface area contributed by atoms with Gasteiger partial charge in [-0.15, -0.1) is 0 Å². The Hall–Kier alpha value is 0.0300. The van der Waals surface area contributed by atoms with E-state index in [-0.39, 0.29) is 6.61 Å². The van der Waals surface area contributed by atoms with Crippen LogP contribution < -0.4 is 0 Å².